The van der Waals surface area contributed by atoms with Gasteiger partial charge in [-0.05, 0) is 43.7 Å². The van der Waals surface area contributed by atoms with Crippen molar-refractivity contribution in [2.24, 2.45) is 5.10 Å². The number of piperidine rings is 1. The minimum Gasteiger partial charge on any atom is -0.481 e. The summed E-state index contributed by atoms with van der Waals surface area (Å²) in [7, 11) is 0. The lowest BCUT2D eigenvalue weighted by Crippen LogP contribution is -2.40. The summed E-state index contributed by atoms with van der Waals surface area (Å²) in [5.74, 6) is 0.459. The molecular weight excluding hydrogens is 326 g/mol. The van der Waals surface area contributed by atoms with Crippen LogP contribution in [0.1, 0.15) is 33.6 Å². The van der Waals surface area contributed by atoms with Gasteiger partial charge >= 0.3 is 0 Å². The number of amides is 1. The van der Waals surface area contributed by atoms with Gasteiger partial charge in [-0.15, -0.1) is 0 Å². The third-order valence-electron chi connectivity index (χ3n) is 4.83. The Kier molecular flexibility index (Phi) is 5.89. The highest BCUT2D eigenvalue weighted by Crippen LogP contribution is 2.21. The fraction of sp³-hybridized carbons (Fsp3) is 0.429. The van der Waals surface area contributed by atoms with Gasteiger partial charge in [0.05, 0.1) is 0 Å². The maximum absolute atomic E-state index is 12.3. The normalized spacial score (nSPS) is 16.5. The quantitative estimate of drug-likeness (QED) is 0.836. The van der Waals surface area contributed by atoms with Crippen LogP contribution in [0, 0.1) is 0 Å². The van der Waals surface area contributed by atoms with Crippen molar-refractivity contribution in [3.63, 3.8) is 0 Å². The summed E-state index contributed by atoms with van der Waals surface area (Å²) in [5.41, 5.74) is 3.71. The molecule has 5 nitrogen and oxygen atoms in total. The average Bonchev–Trinajstić information content (AvgIpc) is 2.66. The van der Waals surface area contributed by atoms with Crippen LogP contribution in [0.3, 0.4) is 0 Å². The van der Waals surface area contributed by atoms with Crippen molar-refractivity contribution in [3.05, 3.63) is 42.5 Å². The first kappa shape index (κ1) is 18.4. The van der Waals surface area contributed by atoms with E-state index in [-0.39, 0.29) is 5.91 Å². The van der Waals surface area contributed by atoms with Crippen LogP contribution in [0.5, 0.6) is 5.75 Å². The molecule has 138 valence electrons. The Hall–Kier alpha value is -2.40. The number of hydrogen-bond donors (Lipinski definition) is 1. The predicted molar refractivity (Wildman–Crippen MR) is 106 cm³/mol. The van der Waals surface area contributed by atoms with E-state index in [2.05, 4.69) is 35.3 Å². The first-order chi connectivity index (χ1) is 12.5. The van der Waals surface area contributed by atoms with Gasteiger partial charge in [-0.2, -0.15) is 5.10 Å². The highest BCUT2D eigenvalue weighted by atomic mass is 16.5. The molecule has 0 aliphatic carbocycles. The number of hydrogen-bond acceptors (Lipinski definition) is 4. The second kappa shape index (κ2) is 8.32. The maximum Gasteiger partial charge on any atom is 0.280 e. The van der Waals surface area contributed by atoms with Gasteiger partial charge in [0.15, 0.2) is 6.10 Å². The van der Waals surface area contributed by atoms with Crippen molar-refractivity contribution in [2.45, 2.75) is 45.8 Å². The number of carbonyl (C=O) groups is 1. The molecule has 1 fully saturated rings. The van der Waals surface area contributed by atoms with E-state index < -0.39 is 6.10 Å². The maximum atomic E-state index is 12.3. The highest BCUT2D eigenvalue weighted by molar-refractivity contribution is 5.88. The third kappa shape index (κ3) is 4.61. The van der Waals surface area contributed by atoms with E-state index >= 15 is 0 Å². The Morgan fingerprint density at radius 2 is 1.77 bits per heavy atom. The van der Waals surface area contributed by atoms with Crippen LogP contribution in [0.25, 0.3) is 10.8 Å². The van der Waals surface area contributed by atoms with E-state index in [1.165, 1.54) is 0 Å². The van der Waals surface area contributed by atoms with E-state index in [0.29, 0.717) is 11.8 Å². The van der Waals surface area contributed by atoms with Crippen LogP contribution in [0.15, 0.2) is 47.6 Å². The first-order valence-electron chi connectivity index (χ1n) is 9.28. The molecular formula is C21H27N3O2. The number of hydrazone groups is 1. The Labute approximate surface area is 155 Å². The van der Waals surface area contributed by atoms with Gasteiger partial charge in [-0.1, -0.05) is 30.3 Å². The fourth-order valence-electron chi connectivity index (χ4n) is 3.13. The van der Waals surface area contributed by atoms with Gasteiger partial charge in [0.25, 0.3) is 5.91 Å². The smallest absolute Gasteiger partial charge is 0.280 e. The topological polar surface area (TPSA) is 53.9 Å². The largest absolute Gasteiger partial charge is 0.481 e. The zero-order valence-corrected chi connectivity index (χ0v) is 15.7. The molecule has 0 bridgehead atoms. The Balaban J connectivity index is 1.53. The molecule has 0 aromatic heterocycles. The van der Waals surface area contributed by atoms with Gasteiger partial charge in [-0.25, -0.2) is 5.43 Å². The molecule has 0 unspecified atom stereocenters. The van der Waals surface area contributed by atoms with Crippen molar-refractivity contribution in [3.8, 4) is 5.75 Å². The van der Waals surface area contributed by atoms with E-state index in [1.807, 2.05) is 36.4 Å². The van der Waals surface area contributed by atoms with Crippen molar-refractivity contribution < 1.29 is 9.53 Å². The van der Waals surface area contributed by atoms with E-state index in [1.54, 1.807) is 6.92 Å². The number of nitrogens with one attached hydrogen (secondary N) is 1. The van der Waals surface area contributed by atoms with Gasteiger partial charge < -0.3 is 9.64 Å². The number of nitrogens with zero attached hydrogens (tertiary/aromatic N) is 2. The third-order valence-corrected chi connectivity index (χ3v) is 4.83. The summed E-state index contributed by atoms with van der Waals surface area (Å²) in [4.78, 5) is 14.7. The van der Waals surface area contributed by atoms with Crippen LogP contribution < -0.4 is 10.2 Å². The minimum atomic E-state index is -0.601. The molecule has 5 heteroatoms. The molecule has 1 aliphatic rings. The molecule has 26 heavy (non-hydrogen) atoms. The lowest BCUT2D eigenvalue weighted by molar-refractivity contribution is -0.127. The van der Waals surface area contributed by atoms with Crippen molar-refractivity contribution in [1.82, 2.24) is 10.3 Å². The number of likely N-dealkylation sites (tertiary alicyclic amines) is 1. The fourth-order valence-corrected chi connectivity index (χ4v) is 3.13. The summed E-state index contributed by atoms with van der Waals surface area (Å²) in [6.45, 7) is 8.14. The Morgan fingerprint density at radius 1 is 1.08 bits per heavy atom. The molecule has 1 atom stereocenters. The molecule has 1 N–H and O–H groups in total. The standard InChI is InChI=1S/C21H27N3O2/c1-15(2)24-12-10-19(11-13-24)22-23-21(25)16(3)26-20-9-8-17-6-4-5-7-18(17)14-20/h4-9,14-16H,10-13H2,1-3H3,(H,23,25)/t16-/m1/s1. The molecule has 1 saturated heterocycles. The van der Waals surface area contributed by atoms with Crippen LogP contribution in [-0.2, 0) is 4.79 Å². The van der Waals surface area contributed by atoms with Gasteiger partial charge in [-0.3, -0.25) is 4.79 Å². The molecule has 0 radical (unpaired) electrons. The zero-order chi connectivity index (χ0) is 18.5. The first-order valence-corrected chi connectivity index (χ1v) is 9.28. The number of benzene rings is 2. The summed E-state index contributed by atoms with van der Waals surface area (Å²) < 4.78 is 5.78. The molecule has 1 aliphatic heterocycles. The summed E-state index contributed by atoms with van der Waals surface area (Å²) >= 11 is 0. The molecule has 2 aromatic carbocycles. The predicted octanol–water partition coefficient (Wildman–Crippen LogP) is 3.58. The molecule has 1 amide bonds. The van der Waals surface area contributed by atoms with Crippen molar-refractivity contribution in [1.29, 1.82) is 0 Å². The Morgan fingerprint density at radius 3 is 2.46 bits per heavy atom. The van der Waals surface area contributed by atoms with Gasteiger partial charge in [0, 0.05) is 37.7 Å². The molecule has 0 saturated carbocycles. The number of rotatable bonds is 5. The molecule has 2 aromatic rings. The van der Waals surface area contributed by atoms with Crippen LogP contribution >= 0.6 is 0 Å². The highest BCUT2D eigenvalue weighted by Gasteiger charge is 2.18. The van der Waals surface area contributed by atoms with Crippen LogP contribution in [-0.4, -0.2) is 41.8 Å². The average molecular weight is 353 g/mol. The SMILES string of the molecule is CC(C)N1CCC(=NNC(=O)[C@@H](C)Oc2ccc3ccccc3c2)CC1. The van der Waals surface area contributed by atoms with Gasteiger partial charge in [0.1, 0.15) is 5.75 Å². The lowest BCUT2D eigenvalue weighted by Gasteiger charge is -2.30. The van der Waals surface area contributed by atoms with E-state index in [9.17, 15) is 4.79 Å². The second-order valence-electron chi connectivity index (χ2n) is 7.05. The minimum absolute atomic E-state index is 0.225. The summed E-state index contributed by atoms with van der Waals surface area (Å²) in [6, 6.07) is 14.5. The van der Waals surface area contributed by atoms with Crippen LogP contribution in [0.4, 0.5) is 0 Å². The van der Waals surface area contributed by atoms with Crippen molar-refractivity contribution in [2.75, 3.05) is 13.1 Å². The lowest BCUT2D eigenvalue weighted by atomic mass is 10.1. The second-order valence-corrected chi connectivity index (χ2v) is 7.05. The molecule has 1 heterocycles. The monoisotopic (exact) mass is 353 g/mol. The number of fused-ring (bicyclic) bond motifs is 1. The number of ether oxygens (including phenoxy) is 1. The summed E-state index contributed by atoms with van der Waals surface area (Å²) in [6.07, 6.45) is 1.20. The Bertz CT molecular complexity index is 791. The zero-order valence-electron chi connectivity index (χ0n) is 15.7. The summed E-state index contributed by atoms with van der Waals surface area (Å²) in [5, 5.41) is 6.54. The molecule has 0 spiro atoms. The van der Waals surface area contributed by atoms with E-state index in [0.717, 1.165) is 42.4 Å². The number of carbonyl (C=O) groups excluding carboxylic acids is 1. The van der Waals surface area contributed by atoms with Gasteiger partial charge in [0.2, 0.25) is 0 Å². The van der Waals surface area contributed by atoms with E-state index in [4.69, 9.17) is 4.74 Å². The molecule has 3 rings (SSSR count). The van der Waals surface area contributed by atoms with Crippen molar-refractivity contribution >= 4 is 22.4 Å². The van der Waals surface area contributed by atoms with Crippen LogP contribution in [0.2, 0.25) is 0 Å².